The Bertz CT molecular complexity index is 951. The predicted octanol–water partition coefficient (Wildman–Crippen LogP) is 3.33. The third kappa shape index (κ3) is 3.26. The number of aromatic nitrogens is 2. The highest BCUT2D eigenvalue weighted by molar-refractivity contribution is 7.11. The zero-order chi connectivity index (χ0) is 19.1. The van der Waals surface area contributed by atoms with Crippen molar-refractivity contribution in [3.63, 3.8) is 0 Å². The van der Waals surface area contributed by atoms with E-state index in [2.05, 4.69) is 28.1 Å². The number of fused-ring (bicyclic) bond motifs is 1. The van der Waals surface area contributed by atoms with Crippen molar-refractivity contribution in [2.24, 2.45) is 0 Å². The van der Waals surface area contributed by atoms with Crippen molar-refractivity contribution in [3.8, 4) is 0 Å². The van der Waals surface area contributed by atoms with Crippen LogP contribution in [0.2, 0.25) is 0 Å². The van der Waals surface area contributed by atoms with Crippen LogP contribution in [0.25, 0.3) is 0 Å². The van der Waals surface area contributed by atoms with Crippen LogP contribution in [0.15, 0.2) is 42.1 Å². The molecule has 0 N–H and O–H groups in total. The third-order valence-electron chi connectivity index (χ3n) is 5.85. The molecule has 0 spiro atoms. The fourth-order valence-corrected chi connectivity index (χ4v) is 5.41. The van der Waals surface area contributed by atoms with Crippen molar-refractivity contribution in [1.29, 1.82) is 0 Å². The van der Waals surface area contributed by atoms with E-state index in [1.165, 1.54) is 21.3 Å². The maximum Gasteiger partial charge on any atom is 0.272 e. The number of pyridine rings is 1. The minimum absolute atomic E-state index is 0.0433. The number of rotatable bonds is 3. The Balaban J connectivity index is 1.25. The van der Waals surface area contributed by atoms with Gasteiger partial charge in [0.05, 0.1) is 10.7 Å². The van der Waals surface area contributed by atoms with Gasteiger partial charge in [0.15, 0.2) is 0 Å². The van der Waals surface area contributed by atoms with Crippen LogP contribution in [0.4, 0.5) is 0 Å². The Morgan fingerprint density at radius 2 is 2.04 bits per heavy atom. The third-order valence-corrected chi connectivity index (χ3v) is 7.17. The normalized spacial score (nSPS) is 21.2. The molecule has 4 heterocycles. The smallest absolute Gasteiger partial charge is 0.272 e. The lowest BCUT2D eigenvalue weighted by molar-refractivity contribution is 0.0785. The van der Waals surface area contributed by atoms with Crippen LogP contribution in [0.3, 0.4) is 0 Å². The summed E-state index contributed by atoms with van der Waals surface area (Å²) in [6.07, 6.45) is 9.55. The van der Waals surface area contributed by atoms with Gasteiger partial charge in [0.1, 0.15) is 5.69 Å². The quantitative estimate of drug-likeness (QED) is 0.804. The number of aryl methyl sites for hydroxylation is 1. The molecule has 1 fully saturated rings. The molecular formula is C22H24N4OS. The highest BCUT2D eigenvalue weighted by Crippen LogP contribution is 2.34. The Labute approximate surface area is 169 Å². The number of nitrogens with zero attached hydrogens (tertiary/aromatic N) is 4. The molecule has 3 aliphatic rings. The first-order valence-corrected chi connectivity index (χ1v) is 10.8. The van der Waals surface area contributed by atoms with Crippen molar-refractivity contribution in [2.45, 2.75) is 32.1 Å². The largest absolute Gasteiger partial charge is 0.371 e. The average molecular weight is 393 g/mol. The molecule has 0 aromatic carbocycles. The standard InChI is InChI=1S/C22H24N4OS/c1-15-4-2-7-19(23-15)22(27)26-11-8-16(14-26)21-24-18-9-12-25(17-5-3-6-17)13-10-20(18)28-21/h2-7,16H,8-14H2,1H3. The fourth-order valence-electron chi connectivity index (χ4n) is 4.18. The number of hydrogen-bond acceptors (Lipinski definition) is 5. The van der Waals surface area contributed by atoms with Crippen LogP contribution in [0.1, 0.15) is 44.1 Å². The summed E-state index contributed by atoms with van der Waals surface area (Å²) in [5, 5.41) is 1.22. The lowest BCUT2D eigenvalue weighted by Gasteiger charge is -2.26. The molecule has 0 bridgehead atoms. The molecule has 2 aromatic heterocycles. The first kappa shape index (κ1) is 17.6. The lowest BCUT2D eigenvalue weighted by atomic mass is 10.1. The van der Waals surface area contributed by atoms with Crippen LogP contribution in [0.5, 0.6) is 0 Å². The number of likely N-dealkylation sites (tertiary alicyclic amines) is 1. The van der Waals surface area contributed by atoms with Gasteiger partial charge >= 0.3 is 0 Å². The van der Waals surface area contributed by atoms with Crippen molar-refractivity contribution in [3.05, 3.63) is 69.1 Å². The van der Waals surface area contributed by atoms with Gasteiger partial charge in [0.2, 0.25) is 0 Å². The summed E-state index contributed by atoms with van der Waals surface area (Å²) in [6.45, 7) is 5.58. The van der Waals surface area contributed by atoms with Gasteiger partial charge in [-0.05, 0) is 37.6 Å². The van der Waals surface area contributed by atoms with Gasteiger partial charge < -0.3 is 9.80 Å². The first-order valence-electron chi connectivity index (χ1n) is 10.0. The lowest BCUT2D eigenvalue weighted by Crippen LogP contribution is -2.29. The molecule has 144 valence electrons. The summed E-state index contributed by atoms with van der Waals surface area (Å²) in [5.74, 6) is 0.404. The molecule has 5 rings (SSSR count). The molecule has 1 saturated heterocycles. The van der Waals surface area contributed by atoms with Gasteiger partial charge in [-0.3, -0.25) is 4.79 Å². The van der Waals surface area contributed by atoms with Gasteiger partial charge in [0.25, 0.3) is 5.91 Å². The van der Waals surface area contributed by atoms with E-state index in [9.17, 15) is 4.79 Å². The summed E-state index contributed by atoms with van der Waals surface area (Å²) in [5.41, 5.74) is 4.06. The number of hydrogen-bond donors (Lipinski definition) is 0. The monoisotopic (exact) mass is 392 g/mol. The van der Waals surface area contributed by atoms with Gasteiger partial charge in [0, 0.05) is 61.2 Å². The Morgan fingerprint density at radius 1 is 1.18 bits per heavy atom. The van der Waals surface area contributed by atoms with Crippen molar-refractivity contribution in [2.75, 3.05) is 26.2 Å². The minimum Gasteiger partial charge on any atom is -0.371 e. The second-order valence-corrected chi connectivity index (χ2v) is 8.88. The Hall–Kier alpha value is -2.47. The molecule has 28 heavy (non-hydrogen) atoms. The second-order valence-electron chi connectivity index (χ2n) is 7.76. The molecule has 2 aromatic rings. The molecule has 0 radical (unpaired) electrons. The molecule has 1 amide bonds. The summed E-state index contributed by atoms with van der Waals surface area (Å²) in [6, 6.07) is 5.64. The van der Waals surface area contributed by atoms with Gasteiger partial charge in [-0.1, -0.05) is 12.1 Å². The highest BCUT2D eigenvalue weighted by atomic mass is 32.1. The van der Waals surface area contributed by atoms with Crippen LogP contribution in [0, 0.1) is 6.92 Å². The van der Waals surface area contributed by atoms with E-state index in [0.29, 0.717) is 11.6 Å². The van der Waals surface area contributed by atoms with Crippen molar-refractivity contribution in [1.82, 2.24) is 19.8 Å². The number of amides is 1. The summed E-state index contributed by atoms with van der Waals surface area (Å²) in [7, 11) is 0. The highest BCUT2D eigenvalue weighted by Gasteiger charge is 2.31. The van der Waals surface area contributed by atoms with Crippen LogP contribution in [-0.4, -0.2) is 51.9 Å². The zero-order valence-corrected chi connectivity index (χ0v) is 16.9. The van der Waals surface area contributed by atoms with E-state index >= 15 is 0 Å². The Morgan fingerprint density at radius 3 is 2.82 bits per heavy atom. The van der Waals surface area contributed by atoms with Crippen LogP contribution >= 0.6 is 11.3 Å². The topological polar surface area (TPSA) is 49.3 Å². The average Bonchev–Trinajstić information content (AvgIpc) is 3.25. The van der Waals surface area contributed by atoms with E-state index in [4.69, 9.17) is 4.98 Å². The van der Waals surface area contributed by atoms with Gasteiger partial charge in [-0.25, -0.2) is 9.97 Å². The van der Waals surface area contributed by atoms with Crippen LogP contribution in [-0.2, 0) is 12.8 Å². The molecule has 0 saturated carbocycles. The van der Waals surface area contributed by atoms with E-state index < -0.39 is 0 Å². The molecule has 5 nitrogen and oxygen atoms in total. The second kappa shape index (κ2) is 7.17. The first-order chi connectivity index (χ1) is 13.7. The summed E-state index contributed by atoms with van der Waals surface area (Å²) < 4.78 is 0. The molecule has 2 aliphatic heterocycles. The zero-order valence-electron chi connectivity index (χ0n) is 16.1. The Kier molecular flexibility index (Phi) is 4.51. The SMILES string of the molecule is Cc1cccc(C(=O)N2CCC(c3nc4c(s3)CCN(C3=CC=C3)CC4)C2)n1. The van der Waals surface area contributed by atoms with Crippen LogP contribution < -0.4 is 0 Å². The molecule has 1 aliphatic carbocycles. The minimum atomic E-state index is 0.0433. The number of carbonyl (C=O) groups is 1. The maximum atomic E-state index is 12.8. The number of allylic oxidation sites excluding steroid dienone is 3. The summed E-state index contributed by atoms with van der Waals surface area (Å²) >= 11 is 1.87. The molecule has 6 heteroatoms. The van der Waals surface area contributed by atoms with Gasteiger partial charge in [-0.15, -0.1) is 11.3 Å². The van der Waals surface area contributed by atoms with E-state index in [0.717, 1.165) is 51.1 Å². The van der Waals surface area contributed by atoms with Crippen molar-refractivity contribution < 1.29 is 4.79 Å². The molecular weight excluding hydrogens is 368 g/mol. The predicted molar refractivity (Wildman–Crippen MR) is 111 cm³/mol. The van der Waals surface area contributed by atoms with E-state index in [-0.39, 0.29) is 5.91 Å². The number of thiazole rings is 1. The van der Waals surface area contributed by atoms with Gasteiger partial charge in [-0.2, -0.15) is 0 Å². The van der Waals surface area contributed by atoms with E-state index in [1.54, 1.807) is 0 Å². The molecule has 1 unspecified atom stereocenters. The van der Waals surface area contributed by atoms with Crippen molar-refractivity contribution >= 4 is 17.2 Å². The number of carbonyl (C=O) groups excluding carboxylic acids is 1. The van der Waals surface area contributed by atoms with E-state index in [1.807, 2.05) is 41.4 Å². The maximum absolute atomic E-state index is 12.8. The molecule has 1 atom stereocenters. The fraction of sp³-hybridized carbons (Fsp3) is 0.409. The summed E-state index contributed by atoms with van der Waals surface area (Å²) in [4.78, 5) is 28.0.